The number of rotatable bonds is 1. The molecule has 5 heteroatoms. The maximum atomic E-state index is 10.2. The molecule has 0 radical (unpaired) electrons. The van der Waals surface area contributed by atoms with Crippen LogP contribution in [0.5, 0.6) is 0 Å². The molecule has 3 N–H and O–H groups in total. The van der Waals surface area contributed by atoms with Crippen molar-refractivity contribution in [3.8, 4) is 0 Å². The van der Waals surface area contributed by atoms with E-state index in [-0.39, 0.29) is 12.1 Å². The van der Waals surface area contributed by atoms with Gasteiger partial charge in [-0.3, -0.25) is 15.8 Å². The first-order valence-corrected chi connectivity index (χ1v) is 3.05. The van der Waals surface area contributed by atoms with Gasteiger partial charge in [-0.25, -0.2) is 0 Å². The summed E-state index contributed by atoms with van der Waals surface area (Å²) in [6, 6.07) is 0. The van der Waals surface area contributed by atoms with Gasteiger partial charge in [-0.2, -0.15) is 0 Å². The van der Waals surface area contributed by atoms with E-state index in [1.807, 2.05) is 0 Å². The zero-order chi connectivity index (χ0) is 8.48. The van der Waals surface area contributed by atoms with Crippen LogP contribution in [-0.2, 0) is 0 Å². The van der Waals surface area contributed by atoms with E-state index in [1.54, 1.807) is 0 Å². The monoisotopic (exact) mass is 156 g/mol. The van der Waals surface area contributed by atoms with Crippen LogP contribution in [-0.4, -0.2) is 15.8 Å². The summed E-state index contributed by atoms with van der Waals surface area (Å²) in [4.78, 5) is 9.62. The molecular formula is C6H8N2O3. The molecule has 0 saturated carbocycles. The summed E-state index contributed by atoms with van der Waals surface area (Å²) in [7, 11) is 0. The van der Waals surface area contributed by atoms with Crippen molar-refractivity contribution in [3.63, 3.8) is 0 Å². The maximum absolute atomic E-state index is 10.2. The largest absolute Gasteiger partial charge is 0.372 e. The van der Waals surface area contributed by atoms with Crippen molar-refractivity contribution in [1.29, 1.82) is 0 Å². The Morgan fingerprint density at radius 3 is 2.82 bits per heavy atom. The predicted octanol–water partition coefficient (Wildman–Crippen LogP) is -0.246. The molecule has 11 heavy (non-hydrogen) atoms. The Morgan fingerprint density at radius 2 is 2.45 bits per heavy atom. The van der Waals surface area contributed by atoms with Crippen LogP contribution in [0.25, 0.3) is 0 Å². The first-order chi connectivity index (χ1) is 5.01. The molecule has 0 amide bonds. The van der Waals surface area contributed by atoms with Crippen molar-refractivity contribution >= 4 is 0 Å². The summed E-state index contributed by atoms with van der Waals surface area (Å²) < 4.78 is 0. The van der Waals surface area contributed by atoms with E-state index < -0.39 is 10.6 Å². The fourth-order valence-electron chi connectivity index (χ4n) is 0.859. The standard InChI is InChI=1S/C6H8N2O3/c7-6(9)3-1-2-5(4-6)8(10)11/h1-3,9H,4,7H2. The van der Waals surface area contributed by atoms with Crippen LogP contribution < -0.4 is 5.73 Å². The third-order valence-electron chi connectivity index (χ3n) is 1.37. The van der Waals surface area contributed by atoms with Crippen molar-refractivity contribution < 1.29 is 10.0 Å². The molecule has 0 fully saturated rings. The van der Waals surface area contributed by atoms with Gasteiger partial charge in [-0.1, -0.05) is 6.08 Å². The molecule has 1 atom stereocenters. The average Bonchev–Trinajstić information content (AvgIpc) is 1.85. The number of nitrogens with two attached hydrogens (primary N) is 1. The Labute approximate surface area is 63.0 Å². The Morgan fingerprint density at radius 1 is 1.82 bits per heavy atom. The molecule has 0 aromatic rings. The summed E-state index contributed by atoms with van der Waals surface area (Å²) in [5.41, 5.74) is 3.60. The zero-order valence-electron chi connectivity index (χ0n) is 5.73. The highest BCUT2D eigenvalue weighted by molar-refractivity contribution is 5.19. The van der Waals surface area contributed by atoms with Gasteiger partial charge in [-0.05, 0) is 6.08 Å². The van der Waals surface area contributed by atoms with E-state index >= 15 is 0 Å². The second-order valence-electron chi connectivity index (χ2n) is 2.44. The molecule has 1 rings (SSSR count). The lowest BCUT2D eigenvalue weighted by atomic mass is 10.0. The molecule has 1 unspecified atom stereocenters. The minimum Gasteiger partial charge on any atom is -0.372 e. The van der Waals surface area contributed by atoms with Crippen LogP contribution in [0.4, 0.5) is 0 Å². The molecule has 0 spiro atoms. The molecule has 0 aromatic carbocycles. The van der Waals surface area contributed by atoms with Crippen LogP contribution in [0.3, 0.4) is 0 Å². The highest BCUT2D eigenvalue weighted by atomic mass is 16.6. The van der Waals surface area contributed by atoms with E-state index in [1.165, 1.54) is 18.2 Å². The van der Waals surface area contributed by atoms with E-state index in [2.05, 4.69) is 0 Å². The molecule has 1 aliphatic rings. The van der Waals surface area contributed by atoms with Crippen molar-refractivity contribution in [2.24, 2.45) is 5.73 Å². The number of aliphatic hydroxyl groups is 1. The highest BCUT2D eigenvalue weighted by Crippen LogP contribution is 2.17. The van der Waals surface area contributed by atoms with Gasteiger partial charge in [0.05, 0.1) is 11.3 Å². The summed E-state index contributed by atoms with van der Waals surface area (Å²) in [6.45, 7) is 0. The van der Waals surface area contributed by atoms with Gasteiger partial charge in [0.15, 0.2) is 0 Å². The molecule has 0 aliphatic heterocycles. The quantitative estimate of drug-likeness (QED) is 0.311. The molecule has 0 bridgehead atoms. The van der Waals surface area contributed by atoms with E-state index in [0.717, 1.165) is 0 Å². The van der Waals surface area contributed by atoms with Gasteiger partial charge >= 0.3 is 0 Å². The summed E-state index contributed by atoms with van der Waals surface area (Å²) in [6.07, 6.45) is 3.87. The average molecular weight is 156 g/mol. The van der Waals surface area contributed by atoms with Gasteiger partial charge in [0, 0.05) is 6.08 Å². The second kappa shape index (κ2) is 2.44. The van der Waals surface area contributed by atoms with E-state index in [9.17, 15) is 10.1 Å². The highest BCUT2D eigenvalue weighted by Gasteiger charge is 2.27. The van der Waals surface area contributed by atoms with Crippen LogP contribution in [0.15, 0.2) is 23.9 Å². The van der Waals surface area contributed by atoms with Crippen LogP contribution in [0.2, 0.25) is 0 Å². The third-order valence-corrected chi connectivity index (χ3v) is 1.37. The number of hydrogen-bond acceptors (Lipinski definition) is 4. The van der Waals surface area contributed by atoms with Gasteiger partial charge in [0.2, 0.25) is 0 Å². The zero-order valence-corrected chi connectivity index (χ0v) is 5.73. The van der Waals surface area contributed by atoms with Gasteiger partial charge in [0.1, 0.15) is 5.72 Å². The van der Waals surface area contributed by atoms with Crippen LogP contribution >= 0.6 is 0 Å². The minimum absolute atomic E-state index is 0.0718. The molecule has 5 nitrogen and oxygen atoms in total. The van der Waals surface area contributed by atoms with Crippen LogP contribution in [0, 0.1) is 10.1 Å². The molecular weight excluding hydrogens is 148 g/mol. The molecule has 1 aliphatic carbocycles. The Balaban J connectivity index is 2.81. The summed E-state index contributed by atoms with van der Waals surface area (Å²) >= 11 is 0. The Bertz CT molecular complexity index is 242. The first-order valence-electron chi connectivity index (χ1n) is 3.05. The van der Waals surface area contributed by atoms with Gasteiger partial charge in [0.25, 0.3) is 5.70 Å². The molecule has 0 heterocycles. The van der Waals surface area contributed by atoms with Crippen molar-refractivity contribution in [1.82, 2.24) is 0 Å². The SMILES string of the molecule is NC1(O)C=CC=C([N+](=O)[O-])C1. The lowest BCUT2D eigenvalue weighted by Crippen LogP contribution is -2.39. The van der Waals surface area contributed by atoms with Gasteiger partial charge < -0.3 is 5.11 Å². The fraction of sp³-hybridized carbons (Fsp3) is 0.333. The van der Waals surface area contributed by atoms with Gasteiger partial charge in [-0.15, -0.1) is 0 Å². The topological polar surface area (TPSA) is 89.4 Å². The minimum atomic E-state index is -1.56. The second-order valence-corrected chi connectivity index (χ2v) is 2.44. The third kappa shape index (κ3) is 1.86. The predicted molar refractivity (Wildman–Crippen MR) is 38.0 cm³/mol. The number of nitro groups is 1. The number of hydrogen-bond donors (Lipinski definition) is 2. The smallest absolute Gasteiger partial charge is 0.250 e. The summed E-state index contributed by atoms with van der Waals surface area (Å²) in [5.74, 6) is 0. The summed E-state index contributed by atoms with van der Waals surface area (Å²) in [5, 5.41) is 19.3. The Kier molecular flexibility index (Phi) is 1.76. The Hall–Kier alpha value is -1.20. The first kappa shape index (κ1) is 7.90. The normalized spacial score (nSPS) is 29.8. The number of allylic oxidation sites excluding steroid dienone is 2. The van der Waals surface area contributed by atoms with Crippen molar-refractivity contribution in [3.05, 3.63) is 34.0 Å². The molecule has 0 aromatic heterocycles. The fourth-order valence-corrected chi connectivity index (χ4v) is 0.859. The van der Waals surface area contributed by atoms with E-state index in [0.29, 0.717) is 0 Å². The van der Waals surface area contributed by atoms with Crippen molar-refractivity contribution in [2.45, 2.75) is 12.1 Å². The van der Waals surface area contributed by atoms with Crippen LogP contribution in [0.1, 0.15) is 6.42 Å². The lowest BCUT2D eigenvalue weighted by molar-refractivity contribution is -0.430. The lowest BCUT2D eigenvalue weighted by Gasteiger charge is -2.18. The number of nitrogens with zero attached hydrogens (tertiary/aromatic N) is 1. The van der Waals surface area contributed by atoms with Crippen molar-refractivity contribution in [2.75, 3.05) is 0 Å². The maximum Gasteiger partial charge on any atom is 0.250 e. The molecule has 60 valence electrons. The van der Waals surface area contributed by atoms with E-state index in [4.69, 9.17) is 10.8 Å². The molecule has 0 saturated heterocycles.